The first-order valence-electron chi connectivity index (χ1n) is 7.47. The minimum Gasteiger partial charge on any atom is -0.365 e. The average molecular weight is 328 g/mol. The second-order valence-corrected chi connectivity index (χ2v) is 6.46. The van der Waals surface area contributed by atoms with Crippen LogP contribution in [0.25, 0.3) is 0 Å². The fourth-order valence-electron chi connectivity index (χ4n) is 2.10. The highest BCUT2D eigenvalue weighted by molar-refractivity contribution is 5.95. The summed E-state index contributed by atoms with van der Waals surface area (Å²) in [6, 6.07) is 9.73. The molecule has 0 saturated carbocycles. The molecule has 0 unspecified atom stereocenters. The molecule has 0 aliphatic heterocycles. The SMILES string of the molecule is CC(=O)c1cccc(Nc2nc(NC(C)(C)C)ccc2[N+](=O)[O-])c1. The zero-order valence-electron chi connectivity index (χ0n) is 14.1. The number of hydrogen-bond donors (Lipinski definition) is 2. The summed E-state index contributed by atoms with van der Waals surface area (Å²) in [4.78, 5) is 26.5. The van der Waals surface area contributed by atoms with Gasteiger partial charge in [0.2, 0.25) is 5.82 Å². The van der Waals surface area contributed by atoms with Crippen LogP contribution >= 0.6 is 0 Å². The summed E-state index contributed by atoms with van der Waals surface area (Å²) in [6.07, 6.45) is 0. The van der Waals surface area contributed by atoms with Crippen LogP contribution in [0.15, 0.2) is 36.4 Å². The topological polar surface area (TPSA) is 97.2 Å². The molecule has 7 heteroatoms. The third-order valence-corrected chi connectivity index (χ3v) is 3.11. The van der Waals surface area contributed by atoms with E-state index in [2.05, 4.69) is 15.6 Å². The molecule has 0 saturated heterocycles. The predicted molar refractivity (Wildman–Crippen MR) is 94.0 cm³/mol. The average Bonchev–Trinajstić information content (AvgIpc) is 2.45. The van der Waals surface area contributed by atoms with Crippen molar-refractivity contribution in [2.24, 2.45) is 0 Å². The number of anilines is 3. The van der Waals surface area contributed by atoms with Crippen LogP contribution in [0.4, 0.5) is 23.0 Å². The van der Waals surface area contributed by atoms with Gasteiger partial charge in [0.15, 0.2) is 5.78 Å². The Balaban J connectivity index is 2.39. The molecule has 0 aliphatic rings. The van der Waals surface area contributed by atoms with Crippen molar-refractivity contribution in [2.75, 3.05) is 10.6 Å². The highest BCUT2D eigenvalue weighted by Gasteiger charge is 2.18. The summed E-state index contributed by atoms with van der Waals surface area (Å²) in [5.41, 5.74) is 0.718. The van der Waals surface area contributed by atoms with Crippen molar-refractivity contribution in [2.45, 2.75) is 33.2 Å². The van der Waals surface area contributed by atoms with E-state index in [4.69, 9.17) is 0 Å². The van der Waals surface area contributed by atoms with Gasteiger partial charge >= 0.3 is 5.69 Å². The lowest BCUT2D eigenvalue weighted by Gasteiger charge is -2.21. The van der Waals surface area contributed by atoms with E-state index in [-0.39, 0.29) is 22.8 Å². The van der Waals surface area contributed by atoms with Crippen LogP contribution in [0, 0.1) is 10.1 Å². The molecule has 24 heavy (non-hydrogen) atoms. The first-order chi connectivity index (χ1) is 11.2. The smallest absolute Gasteiger partial charge is 0.311 e. The number of Topliss-reactive ketones (excluding diaryl/α,β-unsaturated/α-hetero) is 1. The summed E-state index contributed by atoms with van der Waals surface area (Å²) >= 11 is 0. The molecule has 0 radical (unpaired) electrons. The number of nitrogens with one attached hydrogen (secondary N) is 2. The molecule has 1 aromatic carbocycles. The van der Waals surface area contributed by atoms with Crippen LogP contribution in [-0.2, 0) is 0 Å². The zero-order chi connectivity index (χ0) is 17.9. The number of benzene rings is 1. The second-order valence-electron chi connectivity index (χ2n) is 6.46. The molecule has 2 rings (SSSR count). The van der Waals surface area contributed by atoms with E-state index in [9.17, 15) is 14.9 Å². The number of pyridine rings is 1. The summed E-state index contributed by atoms with van der Waals surface area (Å²) in [7, 11) is 0. The first-order valence-corrected chi connectivity index (χ1v) is 7.47. The van der Waals surface area contributed by atoms with Gasteiger partial charge in [-0.3, -0.25) is 14.9 Å². The van der Waals surface area contributed by atoms with Crippen molar-refractivity contribution >= 4 is 28.8 Å². The minimum atomic E-state index is -0.495. The highest BCUT2D eigenvalue weighted by Crippen LogP contribution is 2.28. The monoisotopic (exact) mass is 328 g/mol. The first kappa shape index (κ1) is 17.4. The number of nitro groups is 1. The molecule has 2 aromatic rings. The molecule has 0 atom stereocenters. The maximum absolute atomic E-state index is 11.5. The lowest BCUT2D eigenvalue weighted by Crippen LogP contribution is -2.26. The zero-order valence-corrected chi connectivity index (χ0v) is 14.1. The maximum atomic E-state index is 11.5. The lowest BCUT2D eigenvalue weighted by molar-refractivity contribution is -0.384. The molecule has 1 heterocycles. The van der Waals surface area contributed by atoms with Gasteiger partial charge in [0.05, 0.1) is 4.92 Å². The lowest BCUT2D eigenvalue weighted by atomic mass is 10.1. The van der Waals surface area contributed by atoms with Crippen molar-refractivity contribution in [3.8, 4) is 0 Å². The number of hydrogen-bond acceptors (Lipinski definition) is 6. The summed E-state index contributed by atoms with van der Waals surface area (Å²) in [5, 5.41) is 17.3. The molecule has 0 amide bonds. The van der Waals surface area contributed by atoms with Crippen LogP contribution in [-0.4, -0.2) is 21.2 Å². The van der Waals surface area contributed by atoms with Crippen LogP contribution in [0.3, 0.4) is 0 Å². The van der Waals surface area contributed by atoms with Gasteiger partial charge in [0.25, 0.3) is 0 Å². The van der Waals surface area contributed by atoms with Crippen LogP contribution < -0.4 is 10.6 Å². The van der Waals surface area contributed by atoms with E-state index >= 15 is 0 Å². The summed E-state index contributed by atoms with van der Waals surface area (Å²) < 4.78 is 0. The number of nitrogens with zero attached hydrogens (tertiary/aromatic N) is 2. The molecule has 126 valence electrons. The van der Waals surface area contributed by atoms with E-state index in [1.54, 1.807) is 30.3 Å². The van der Waals surface area contributed by atoms with E-state index in [0.717, 1.165) is 0 Å². The minimum absolute atomic E-state index is 0.0794. The van der Waals surface area contributed by atoms with Gasteiger partial charge in [0.1, 0.15) is 5.82 Å². The Morgan fingerprint density at radius 3 is 2.50 bits per heavy atom. The molecule has 7 nitrogen and oxygen atoms in total. The van der Waals surface area contributed by atoms with Gasteiger partial charge in [-0.25, -0.2) is 4.98 Å². The fraction of sp³-hybridized carbons (Fsp3) is 0.294. The van der Waals surface area contributed by atoms with Gasteiger partial charge in [0, 0.05) is 22.9 Å². The number of carbonyl (C=O) groups excluding carboxylic acids is 1. The molecule has 0 spiro atoms. The standard InChI is InChI=1S/C17H20N4O3/c1-11(22)12-6-5-7-13(10-12)18-16-14(21(23)24)8-9-15(19-16)20-17(2,3)4/h5-10H,1-4H3,(H2,18,19,20). The third kappa shape index (κ3) is 4.52. The highest BCUT2D eigenvalue weighted by atomic mass is 16.6. The molecule has 0 fully saturated rings. The normalized spacial score (nSPS) is 11.0. The Bertz CT molecular complexity index is 782. The van der Waals surface area contributed by atoms with E-state index < -0.39 is 4.92 Å². The summed E-state index contributed by atoms with van der Waals surface area (Å²) in [5.74, 6) is 0.567. The second kappa shape index (κ2) is 6.66. The van der Waals surface area contributed by atoms with E-state index in [1.165, 1.54) is 13.0 Å². The van der Waals surface area contributed by atoms with Gasteiger partial charge in [-0.1, -0.05) is 12.1 Å². The van der Waals surface area contributed by atoms with Gasteiger partial charge in [-0.2, -0.15) is 0 Å². The van der Waals surface area contributed by atoms with Crippen LogP contribution in [0.5, 0.6) is 0 Å². The number of aromatic nitrogens is 1. The van der Waals surface area contributed by atoms with E-state index in [0.29, 0.717) is 17.1 Å². The van der Waals surface area contributed by atoms with Gasteiger partial charge in [-0.15, -0.1) is 0 Å². The molecular weight excluding hydrogens is 308 g/mol. The molecule has 2 N–H and O–H groups in total. The van der Waals surface area contributed by atoms with Crippen molar-refractivity contribution in [3.63, 3.8) is 0 Å². The van der Waals surface area contributed by atoms with Crippen molar-refractivity contribution < 1.29 is 9.72 Å². The van der Waals surface area contributed by atoms with Crippen molar-refractivity contribution in [3.05, 3.63) is 52.1 Å². The molecule has 0 bridgehead atoms. The largest absolute Gasteiger partial charge is 0.365 e. The number of carbonyl (C=O) groups is 1. The third-order valence-electron chi connectivity index (χ3n) is 3.11. The Morgan fingerprint density at radius 2 is 1.92 bits per heavy atom. The molecular formula is C17H20N4O3. The van der Waals surface area contributed by atoms with Crippen molar-refractivity contribution in [1.29, 1.82) is 0 Å². The van der Waals surface area contributed by atoms with E-state index in [1.807, 2.05) is 20.8 Å². The Kier molecular flexibility index (Phi) is 4.82. The molecule has 1 aromatic heterocycles. The molecule has 0 aliphatic carbocycles. The Morgan fingerprint density at radius 1 is 1.21 bits per heavy atom. The maximum Gasteiger partial charge on any atom is 0.311 e. The number of ketones is 1. The Labute approximate surface area is 140 Å². The quantitative estimate of drug-likeness (QED) is 0.486. The number of rotatable bonds is 5. The summed E-state index contributed by atoms with van der Waals surface area (Å²) in [6.45, 7) is 7.38. The van der Waals surface area contributed by atoms with Crippen LogP contribution in [0.2, 0.25) is 0 Å². The van der Waals surface area contributed by atoms with Gasteiger partial charge < -0.3 is 10.6 Å². The predicted octanol–water partition coefficient (Wildman–Crippen LogP) is 4.15. The van der Waals surface area contributed by atoms with Crippen LogP contribution in [0.1, 0.15) is 38.1 Å². The Hall–Kier alpha value is -2.96. The fourth-order valence-corrected chi connectivity index (χ4v) is 2.10. The van der Waals surface area contributed by atoms with Crippen molar-refractivity contribution in [1.82, 2.24) is 4.98 Å². The van der Waals surface area contributed by atoms with Gasteiger partial charge in [-0.05, 0) is 45.9 Å².